The standard InChI is InChI=1S/C20H22N4O4/c1-13(14-5-6-17-18(11-14)28-10-9-27-17)22-19(25)23-15-3-2-4-16(12-15)24-8-7-21-20(24)26/h2-6,11-13H,7-10H2,1H3,(H,21,26)(H2,22,23,25). The van der Waals surface area contributed by atoms with Gasteiger partial charge in [-0.3, -0.25) is 4.90 Å². The van der Waals surface area contributed by atoms with Gasteiger partial charge >= 0.3 is 12.1 Å². The van der Waals surface area contributed by atoms with Gasteiger partial charge in [0, 0.05) is 24.5 Å². The van der Waals surface area contributed by atoms with Gasteiger partial charge in [0.1, 0.15) is 13.2 Å². The molecule has 4 amide bonds. The van der Waals surface area contributed by atoms with Crippen molar-refractivity contribution in [3.63, 3.8) is 0 Å². The molecular formula is C20H22N4O4. The van der Waals surface area contributed by atoms with E-state index in [-0.39, 0.29) is 18.1 Å². The summed E-state index contributed by atoms with van der Waals surface area (Å²) in [7, 11) is 0. The van der Waals surface area contributed by atoms with Crippen molar-refractivity contribution in [3.05, 3.63) is 48.0 Å². The molecule has 4 rings (SSSR count). The second-order valence-electron chi connectivity index (χ2n) is 6.66. The van der Waals surface area contributed by atoms with Crippen LogP contribution in [-0.2, 0) is 0 Å². The number of amides is 4. The average molecular weight is 382 g/mol. The fraction of sp³-hybridized carbons (Fsp3) is 0.300. The number of carbonyl (C=O) groups excluding carboxylic acids is 2. The van der Waals surface area contributed by atoms with E-state index in [2.05, 4.69) is 16.0 Å². The van der Waals surface area contributed by atoms with Gasteiger partial charge in [0.2, 0.25) is 0 Å². The molecule has 2 heterocycles. The van der Waals surface area contributed by atoms with Gasteiger partial charge in [-0.2, -0.15) is 0 Å². The van der Waals surface area contributed by atoms with Crippen LogP contribution in [0.5, 0.6) is 11.5 Å². The van der Waals surface area contributed by atoms with Crippen LogP contribution in [0.3, 0.4) is 0 Å². The van der Waals surface area contributed by atoms with Crippen molar-refractivity contribution in [1.82, 2.24) is 10.6 Å². The molecule has 0 radical (unpaired) electrons. The third-order valence-electron chi connectivity index (χ3n) is 4.69. The number of benzene rings is 2. The number of carbonyl (C=O) groups is 2. The lowest BCUT2D eigenvalue weighted by molar-refractivity contribution is 0.171. The van der Waals surface area contributed by atoms with E-state index in [9.17, 15) is 9.59 Å². The molecule has 8 heteroatoms. The fourth-order valence-electron chi connectivity index (χ4n) is 3.25. The Bertz CT molecular complexity index is 902. The van der Waals surface area contributed by atoms with Crippen LogP contribution in [-0.4, -0.2) is 38.4 Å². The maximum Gasteiger partial charge on any atom is 0.321 e. The third-order valence-corrected chi connectivity index (χ3v) is 4.69. The number of hydrogen-bond donors (Lipinski definition) is 3. The van der Waals surface area contributed by atoms with Crippen LogP contribution in [0.1, 0.15) is 18.5 Å². The van der Waals surface area contributed by atoms with Gasteiger partial charge in [0.05, 0.1) is 6.04 Å². The molecule has 1 saturated heterocycles. The number of urea groups is 2. The molecule has 146 valence electrons. The van der Waals surface area contributed by atoms with Gasteiger partial charge in [-0.15, -0.1) is 0 Å². The molecule has 8 nitrogen and oxygen atoms in total. The summed E-state index contributed by atoms with van der Waals surface area (Å²) in [5, 5.41) is 8.49. The second kappa shape index (κ2) is 7.67. The minimum atomic E-state index is -0.328. The van der Waals surface area contributed by atoms with Crippen LogP contribution in [0.15, 0.2) is 42.5 Å². The van der Waals surface area contributed by atoms with E-state index >= 15 is 0 Å². The molecule has 1 unspecified atom stereocenters. The van der Waals surface area contributed by atoms with Gasteiger partial charge in [-0.05, 0) is 42.8 Å². The predicted octanol–water partition coefficient (Wildman–Crippen LogP) is 2.87. The summed E-state index contributed by atoms with van der Waals surface area (Å²) >= 11 is 0. The number of hydrogen-bond acceptors (Lipinski definition) is 4. The van der Waals surface area contributed by atoms with Crippen LogP contribution in [0.25, 0.3) is 0 Å². The summed E-state index contributed by atoms with van der Waals surface area (Å²) in [6.45, 7) is 4.18. The first-order valence-electron chi connectivity index (χ1n) is 9.22. The number of ether oxygens (including phenoxy) is 2. The van der Waals surface area contributed by atoms with E-state index in [4.69, 9.17) is 9.47 Å². The fourth-order valence-corrected chi connectivity index (χ4v) is 3.25. The van der Waals surface area contributed by atoms with E-state index in [0.29, 0.717) is 37.7 Å². The molecule has 0 bridgehead atoms. The van der Waals surface area contributed by atoms with Crippen molar-refractivity contribution in [1.29, 1.82) is 0 Å². The van der Waals surface area contributed by atoms with E-state index in [1.165, 1.54) is 0 Å². The van der Waals surface area contributed by atoms with Gasteiger partial charge in [-0.1, -0.05) is 12.1 Å². The number of rotatable bonds is 4. The summed E-state index contributed by atoms with van der Waals surface area (Å²) in [6.07, 6.45) is 0. The van der Waals surface area contributed by atoms with Crippen LogP contribution in [0.2, 0.25) is 0 Å². The molecule has 1 fully saturated rings. The number of nitrogens with zero attached hydrogens (tertiary/aromatic N) is 1. The third kappa shape index (κ3) is 3.80. The Morgan fingerprint density at radius 3 is 2.75 bits per heavy atom. The molecule has 1 atom stereocenters. The Morgan fingerprint density at radius 1 is 1.14 bits per heavy atom. The van der Waals surface area contributed by atoms with E-state index in [0.717, 1.165) is 17.0 Å². The van der Waals surface area contributed by atoms with Crippen molar-refractivity contribution in [2.45, 2.75) is 13.0 Å². The summed E-state index contributed by atoms with van der Waals surface area (Å²) in [6, 6.07) is 12.2. The van der Waals surface area contributed by atoms with Gasteiger partial charge in [0.25, 0.3) is 0 Å². The van der Waals surface area contributed by atoms with Crippen molar-refractivity contribution in [2.75, 3.05) is 36.5 Å². The van der Waals surface area contributed by atoms with Crippen LogP contribution >= 0.6 is 0 Å². The molecule has 2 aromatic carbocycles. The Kier molecular flexibility index (Phi) is 4.92. The zero-order valence-electron chi connectivity index (χ0n) is 15.5. The highest BCUT2D eigenvalue weighted by Crippen LogP contribution is 2.32. The van der Waals surface area contributed by atoms with E-state index in [1.54, 1.807) is 23.1 Å². The average Bonchev–Trinajstić information content (AvgIpc) is 3.13. The summed E-state index contributed by atoms with van der Waals surface area (Å²) < 4.78 is 11.1. The van der Waals surface area contributed by atoms with Crippen LogP contribution < -0.4 is 30.3 Å². The van der Waals surface area contributed by atoms with Crippen molar-refractivity contribution in [3.8, 4) is 11.5 Å². The van der Waals surface area contributed by atoms with Crippen LogP contribution in [0, 0.1) is 0 Å². The first-order chi connectivity index (χ1) is 13.6. The van der Waals surface area contributed by atoms with Crippen LogP contribution in [0.4, 0.5) is 21.0 Å². The van der Waals surface area contributed by atoms with Gasteiger partial charge in [-0.25, -0.2) is 9.59 Å². The molecule has 2 aromatic rings. The lowest BCUT2D eigenvalue weighted by Crippen LogP contribution is -2.31. The number of nitrogens with one attached hydrogen (secondary N) is 3. The van der Waals surface area contributed by atoms with Gasteiger partial charge < -0.3 is 25.4 Å². The maximum absolute atomic E-state index is 12.4. The summed E-state index contributed by atoms with van der Waals surface area (Å²) in [5.74, 6) is 1.41. The Hall–Kier alpha value is -3.42. The summed E-state index contributed by atoms with van der Waals surface area (Å²) in [4.78, 5) is 25.9. The number of fused-ring (bicyclic) bond motifs is 1. The first-order valence-corrected chi connectivity index (χ1v) is 9.22. The molecule has 0 spiro atoms. The highest BCUT2D eigenvalue weighted by atomic mass is 16.6. The molecule has 28 heavy (non-hydrogen) atoms. The van der Waals surface area contributed by atoms with E-state index < -0.39 is 0 Å². The van der Waals surface area contributed by atoms with Gasteiger partial charge in [0.15, 0.2) is 11.5 Å². The lowest BCUT2D eigenvalue weighted by Gasteiger charge is -2.21. The number of anilines is 2. The monoisotopic (exact) mass is 382 g/mol. The predicted molar refractivity (Wildman–Crippen MR) is 105 cm³/mol. The highest BCUT2D eigenvalue weighted by Gasteiger charge is 2.21. The zero-order chi connectivity index (χ0) is 19.5. The minimum Gasteiger partial charge on any atom is -0.486 e. The topological polar surface area (TPSA) is 91.9 Å². The molecule has 2 aliphatic heterocycles. The van der Waals surface area contributed by atoms with Crippen molar-refractivity contribution in [2.24, 2.45) is 0 Å². The Labute approximate surface area is 162 Å². The molecule has 0 aliphatic carbocycles. The second-order valence-corrected chi connectivity index (χ2v) is 6.66. The maximum atomic E-state index is 12.4. The minimum absolute atomic E-state index is 0.131. The molecular weight excluding hydrogens is 360 g/mol. The molecule has 2 aliphatic rings. The Morgan fingerprint density at radius 2 is 1.96 bits per heavy atom. The van der Waals surface area contributed by atoms with E-state index in [1.807, 2.05) is 31.2 Å². The largest absolute Gasteiger partial charge is 0.486 e. The molecule has 0 aromatic heterocycles. The SMILES string of the molecule is CC(NC(=O)Nc1cccc(N2CCNC2=O)c1)c1ccc2c(c1)OCCO2. The highest BCUT2D eigenvalue weighted by molar-refractivity contribution is 5.95. The Balaban J connectivity index is 1.39. The lowest BCUT2D eigenvalue weighted by atomic mass is 10.1. The smallest absolute Gasteiger partial charge is 0.321 e. The molecule has 0 saturated carbocycles. The summed E-state index contributed by atoms with van der Waals surface area (Å²) in [5.41, 5.74) is 2.28. The first kappa shape index (κ1) is 18.0. The normalized spacial score (nSPS) is 16.3. The van der Waals surface area contributed by atoms with Crippen molar-refractivity contribution >= 4 is 23.4 Å². The zero-order valence-corrected chi connectivity index (χ0v) is 15.5. The van der Waals surface area contributed by atoms with Crippen molar-refractivity contribution < 1.29 is 19.1 Å². The quantitative estimate of drug-likeness (QED) is 0.758. The molecule has 3 N–H and O–H groups in total.